The average Bonchev–Trinajstić information content (AvgIpc) is 2.71. The first kappa shape index (κ1) is 28.9. The number of aliphatic carboxylic acids is 1. The number of carbonyl (C=O) groups excluding carboxylic acids is 2. The minimum atomic E-state index is -1.13. The number of rotatable bonds is 11. The predicted octanol–water partition coefficient (Wildman–Crippen LogP) is 5.51. The van der Waals surface area contributed by atoms with Gasteiger partial charge in [-0.05, 0) is 111 Å². The molecule has 2 N–H and O–H groups in total. The molecule has 36 heavy (non-hydrogen) atoms. The number of hydrogen-bond acceptors (Lipinski definition) is 6. The molecule has 0 aromatic heterocycles. The molecule has 4 bridgehead atoms. The van der Waals surface area contributed by atoms with Crippen LogP contribution in [0.4, 0.5) is 0 Å². The summed E-state index contributed by atoms with van der Waals surface area (Å²) in [5.41, 5.74) is -2.64. The summed E-state index contributed by atoms with van der Waals surface area (Å²) in [5, 5.41) is 20.9. The van der Waals surface area contributed by atoms with Gasteiger partial charge in [0.2, 0.25) is 0 Å². The molecule has 4 aliphatic carbocycles. The molecule has 0 aliphatic heterocycles. The van der Waals surface area contributed by atoms with E-state index in [0.717, 1.165) is 25.7 Å². The molecule has 7 heteroatoms. The van der Waals surface area contributed by atoms with Gasteiger partial charge in [0.1, 0.15) is 11.7 Å². The van der Waals surface area contributed by atoms with E-state index in [-0.39, 0.29) is 30.3 Å². The second-order valence-corrected chi connectivity index (χ2v) is 13.8. The number of carboxylic acids is 1. The average molecular weight is 509 g/mol. The van der Waals surface area contributed by atoms with Crippen molar-refractivity contribution in [1.29, 1.82) is 0 Å². The van der Waals surface area contributed by atoms with Crippen LogP contribution >= 0.6 is 0 Å². The van der Waals surface area contributed by atoms with Crippen molar-refractivity contribution >= 4 is 17.9 Å². The van der Waals surface area contributed by atoms with E-state index in [1.165, 1.54) is 6.42 Å². The van der Waals surface area contributed by atoms with Gasteiger partial charge in [0.05, 0.1) is 22.9 Å². The number of carboxylic acid groups (broad SMARTS) is 1. The van der Waals surface area contributed by atoms with Crippen molar-refractivity contribution < 1.29 is 34.1 Å². The van der Waals surface area contributed by atoms with Crippen molar-refractivity contribution in [2.75, 3.05) is 0 Å². The lowest BCUT2D eigenvalue weighted by Crippen LogP contribution is -2.59. The van der Waals surface area contributed by atoms with Gasteiger partial charge in [-0.1, -0.05) is 13.8 Å². The number of carbonyl (C=O) groups is 3. The molecule has 4 aliphatic rings. The lowest BCUT2D eigenvalue weighted by molar-refractivity contribution is -0.210. The fourth-order valence-electron chi connectivity index (χ4n) is 7.66. The molecule has 0 aromatic rings. The molecule has 0 radical (unpaired) electrons. The molecule has 206 valence electrons. The van der Waals surface area contributed by atoms with E-state index in [0.29, 0.717) is 31.1 Å². The lowest BCUT2D eigenvalue weighted by Gasteiger charge is -2.62. The van der Waals surface area contributed by atoms with E-state index in [2.05, 4.69) is 0 Å². The van der Waals surface area contributed by atoms with Gasteiger partial charge < -0.3 is 19.7 Å². The molecule has 4 rings (SSSR count). The maximum atomic E-state index is 13.5. The van der Waals surface area contributed by atoms with E-state index >= 15 is 0 Å². The molecular weight excluding hydrogens is 460 g/mol. The SMILES string of the molecule is CCC(CC(CC(C)(C)C(=O)O)C(=O)OC(C)(C)C)C(=O)OC(CC)C12CC3CC(CC(O)(C3)C1)C2. The normalized spacial score (nSPS) is 32.0. The Hall–Kier alpha value is -1.63. The number of aliphatic hydroxyl groups is 1. The maximum Gasteiger partial charge on any atom is 0.309 e. The highest BCUT2D eigenvalue weighted by Crippen LogP contribution is 2.63. The molecule has 0 saturated heterocycles. The highest BCUT2D eigenvalue weighted by molar-refractivity contribution is 5.78. The standard InChI is InChI=1S/C29H48O7/c1-8-20(11-21(16-27(6,7)25(32)33)24(31)36-26(3,4)5)23(30)35-22(9-2)28-12-18-10-19(13-28)15-29(34,14-18)17-28/h18-22,34H,8-17H2,1-7H3,(H,32,33). The van der Waals surface area contributed by atoms with Gasteiger partial charge in [-0.2, -0.15) is 0 Å². The van der Waals surface area contributed by atoms with Crippen LogP contribution in [0, 0.1) is 34.5 Å². The van der Waals surface area contributed by atoms with Gasteiger partial charge in [0, 0.05) is 5.41 Å². The number of esters is 2. The molecule has 5 atom stereocenters. The van der Waals surface area contributed by atoms with Crippen LogP contribution in [0.25, 0.3) is 0 Å². The Bertz CT molecular complexity index is 825. The Morgan fingerprint density at radius 2 is 1.50 bits per heavy atom. The topological polar surface area (TPSA) is 110 Å². The molecule has 5 unspecified atom stereocenters. The first-order chi connectivity index (χ1) is 16.5. The van der Waals surface area contributed by atoms with Crippen molar-refractivity contribution in [3.05, 3.63) is 0 Å². The van der Waals surface area contributed by atoms with Crippen molar-refractivity contribution in [3.63, 3.8) is 0 Å². The van der Waals surface area contributed by atoms with Crippen LogP contribution in [0.15, 0.2) is 0 Å². The number of ether oxygens (including phenoxy) is 2. The van der Waals surface area contributed by atoms with Gasteiger partial charge in [-0.15, -0.1) is 0 Å². The summed E-state index contributed by atoms with van der Waals surface area (Å²) in [4.78, 5) is 38.4. The Labute approximate surface area is 216 Å². The van der Waals surface area contributed by atoms with Gasteiger partial charge >= 0.3 is 17.9 Å². The number of hydrogen-bond donors (Lipinski definition) is 2. The van der Waals surface area contributed by atoms with Crippen molar-refractivity contribution in [2.24, 2.45) is 34.5 Å². The third-order valence-corrected chi connectivity index (χ3v) is 8.86. The zero-order valence-corrected chi connectivity index (χ0v) is 23.4. The summed E-state index contributed by atoms with van der Waals surface area (Å²) in [6, 6.07) is 0. The monoisotopic (exact) mass is 508 g/mol. The second kappa shape index (κ2) is 10.3. The van der Waals surface area contributed by atoms with E-state index in [4.69, 9.17) is 9.47 Å². The quantitative estimate of drug-likeness (QED) is 0.354. The molecule has 0 spiro atoms. The van der Waals surface area contributed by atoms with Crippen LogP contribution in [0.5, 0.6) is 0 Å². The van der Waals surface area contributed by atoms with Crippen LogP contribution in [-0.4, -0.2) is 45.4 Å². The van der Waals surface area contributed by atoms with Crippen molar-refractivity contribution in [1.82, 2.24) is 0 Å². The van der Waals surface area contributed by atoms with E-state index in [1.54, 1.807) is 34.6 Å². The third-order valence-electron chi connectivity index (χ3n) is 8.86. The van der Waals surface area contributed by atoms with Gasteiger partial charge in [0.15, 0.2) is 0 Å². The zero-order chi connectivity index (χ0) is 27.1. The van der Waals surface area contributed by atoms with Crippen LogP contribution in [0.2, 0.25) is 0 Å². The molecule has 0 heterocycles. The van der Waals surface area contributed by atoms with Crippen LogP contribution in [0.1, 0.15) is 113 Å². The summed E-state index contributed by atoms with van der Waals surface area (Å²) in [7, 11) is 0. The molecule has 0 amide bonds. The molecule has 0 aromatic carbocycles. The summed E-state index contributed by atoms with van der Waals surface area (Å²) in [5.74, 6) is -2.04. The third kappa shape index (κ3) is 6.43. The second-order valence-electron chi connectivity index (χ2n) is 13.8. The van der Waals surface area contributed by atoms with Gasteiger partial charge in [-0.25, -0.2) is 0 Å². The fourth-order valence-corrected chi connectivity index (χ4v) is 7.66. The fraction of sp³-hybridized carbons (Fsp3) is 0.897. The summed E-state index contributed by atoms with van der Waals surface area (Å²) in [6.07, 6.45) is 6.80. The first-order valence-electron chi connectivity index (χ1n) is 13.9. The van der Waals surface area contributed by atoms with E-state index in [9.17, 15) is 24.6 Å². The smallest absolute Gasteiger partial charge is 0.309 e. The highest BCUT2D eigenvalue weighted by Gasteiger charge is 2.60. The predicted molar refractivity (Wildman–Crippen MR) is 136 cm³/mol. The van der Waals surface area contributed by atoms with E-state index < -0.39 is 40.4 Å². The minimum absolute atomic E-state index is 0.0819. The summed E-state index contributed by atoms with van der Waals surface area (Å²) in [6.45, 7) is 12.5. The minimum Gasteiger partial charge on any atom is -0.481 e. The summed E-state index contributed by atoms with van der Waals surface area (Å²) >= 11 is 0. The van der Waals surface area contributed by atoms with E-state index in [1.807, 2.05) is 13.8 Å². The van der Waals surface area contributed by atoms with Crippen LogP contribution in [-0.2, 0) is 23.9 Å². The molecule has 4 fully saturated rings. The highest BCUT2D eigenvalue weighted by atomic mass is 16.6. The molecule has 7 nitrogen and oxygen atoms in total. The first-order valence-corrected chi connectivity index (χ1v) is 13.9. The molecule has 4 saturated carbocycles. The van der Waals surface area contributed by atoms with Gasteiger partial charge in [-0.3, -0.25) is 14.4 Å². The van der Waals surface area contributed by atoms with Crippen molar-refractivity contribution in [2.45, 2.75) is 130 Å². The Kier molecular flexibility index (Phi) is 8.25. The van der Waals surface area contributed by atoms with Crippen molar-refractivity contribution in [3.8, 4) is 0 Å². The Morgan fingerprint density at radius 3 is 1.94 bits per heavy atom. The maximum absolute atomic E-state index is 13.5. The van der Waals surface area contributed by atoms with Crippen LogP contribution in [0.3, 0.4) is 0 Å². The van der Waals surface area contributed by atoms with Crippen LogP contribution < -0.4 is 0 Å². The largest absolute Gasteiger partial charge is 0.481 e. The Morgan fingerprint density at radius 1 is 0.917 bits per heavy atom. The Balaban J connectivity index is 1.75. The lowest BCUT2D eigenvalue weighted by atomic mass is 9.46. The zero-order valence-electron chi connectivity index (χ0n) is 23.4. The summed E-state index contributed by atoms with van der Waals surface area (Å²) < 4.78 is 11.8. The molecular formula is C29H48O7. The van der Waals surface area contributed by atoms with Gasteiger partial charge in [0.25, 0.3) is 0 Å².